The van der Waals surface area contributed by atoms with Gasteiger partial charge in [-0.2, -0.15) is 13.2 Å². The summed E-state index contributed by atoms with van der Waals surface area (Å²) in [6.45, 7) is 2.34. The van der Waals surface area contributed by atoms with Crippen molar-refractivity contribution in [2.24, 2.45) is 5.92 Å². The fourth-order valence-corrected chi connectivity index (χ4v) is 3.95. The number of likely N-dealkylation sites (tertiary alicyclic amines) is 1. The van der Waals surface area contributed by atoms with E-state index in [1.807, 2.05) is 23.1 Å². The van der Waals surface area contributed by atoms with E-state index < -0.39 is 18.8 Å². The summed E-state index contributed by atoms with van der Waals surface area (Å²) >= 11 is 0. The van der Waals surface area contributed by atoms with Crippen LogP contribution in [0.4, 0.5) is 13.2 Å². The molecule has 1 amide bonds. The van der Waals surface area contributed by atoms with Gasteiger partial charge in [-0.3, -0.25) is 9.69 Å². The van der Waals surface area contributed by atoms with E-state index in [1.165, 1.54) is 18.0 Å². The third kappa shape index (κ3) is 6.08. The molecule has 1 saturated heterocycles. The van der Waals surface area contributed by atoms with E-state index in [4.69, 9.17) is 0 Å². The predicted molar refractivity (Wildman–Crippen MR) is 109 cm³/mol. The lowest BCUT2D eigenvalue weighted by Crippen LogP contribution is -2.48. The minimum atomic E-state index is -4.31. The molecule has 3 rings (SSSR count). The number of carbonyl (C=O) groups excluding carboxylic acids is 1. The Morgan fingerprint density at radius 1 is 1.23 bits per heavy atom. The number of hydrogen-bond donors (Lipinski definition) is 0. The number of hydrogen-bond acceptors (Lipinski definition) is 3. The van der Waals surface area contributed by atoms with Crippen LogP contribution in [0.5, 0.6) is 0 Å². The maximum absolute atomic E-state index is 12.9. The lowest BCUT2D eigenvalue weighted by atomic mass is 9.90. The van der Waals surface area contributed by atoms with E-state index in [9.17, 15) is 18.0 Å². The molecule has 0 spiro atoms. The number of rotatable bonds is 7. The summed E-state index contributed by atoms with van der Waals surface area (Å²) in [5.74, 6) is 0.889. The second kappa shape index (κ2) is 9.64. The second-order valence-corrected chi connectivity index (χ2v) is 8.14. The third-order valence-corrected chi connectivity index (χ3v) is 5.85. The first kappa shape index (κ1) is 22.3. The van der Waals surface area contributed by atoms with Crippen LogP contribution >= 0.6 is 0 Å². The van der Waals surface area contributed by atoms with Crippen LogP contribution in [0.3, 0.4) is 0 Å². The molecule has 0 aliphatic carbocycles. The van der Waals surface area contributed by atoms with Gasteiger partial charge in [-0.15, -0.1) is 0 Å². The molecule has 2 aromatic rings. The van der Waals surface area contributed by atoms with E-state index in [-0.39, 0.29) is 12.5 Å². The van der Waals surface area contributed by atoms with Gasteiger partial charge in [0.05, 0.1) is 12.6 Å². The fourth-order valence-electron chi connectivity index (χ4n) is 3.95. The molecule has 1 fully saturated rings. The minimum absolute atomic E-state index is 0.0181. The average Bonchev–Trinajstić information content (AvgIpc) is 3.13. The lowest BCUT2D eigenvalue weighted by molar-refractivity contribution is -0.142. The highest BCUT2D eigenvalue weighted by Crippen LogP contribution is 2.23. The van der Waals surface area contributed by atoms with Crippen molar-refractivity contribution in [3.63, 3.8) is 0 Å². The summed E-state index contributed by atoms with van der Waals surface area (Å²) in [5, 5.41) is 0. The molecule has 1 aromatic heterocycles. The van der Waals surface area contributed by atoms with Gasteiger partial charge in [-0.25, -0.2) is 4.98 Å². The topological polar surface area (TPSA) is 41.4 Å². The maximum Gasteiger partial charge on any atom is 0.406 e. The molecule has 1 atom stereocenters. The van der Waals surface area contributed by atoms with E-state index in [2.05, 4.69) is 17.1 Å². The second-order valence-electron chi connectivity index (χ2n) is 8.14. The Hall–Kier alpha value is -2.35. The number of carbonyl (C=O) groups is 1. The Bertz CT molecular complexity index is 813. The number of amides is 1. The van der Waals surface area contributed by atoms with E-state index >= 15 is 0 Å². The smallest absolute Gasteiger partial charge is 0.341 e. The number of likely N-dealkylation sites (N-methyl/N-ethyl adjacent to an activating group) is 1. The first-order chi connectivity index (χ1) is 14.2. The van der Waals surface area contributed by atoms with Crippen LogP contribution in [0.15, 0.2) is 42.7 Å². The molecule has 0 N–H and O–H groups in total. The number of nitrogens with zero attached hydrogens (tertiary/aromatic N) is 4. The standard InChI is InChI=1S/C22H29F3N4O/c1-17(27(2)15-20-26-10-13-29(20)16-22(23,24)25)21(30)28-11-8-19(9-12-28)14-18-6-4-3-5-7-18/h3-7,10,13,17,19H,8-9,11-12,14-16H2,1-2H3. The number of imidazole rings is 1. The van der Waals surface area contributed by atoms with Gasteiger partial charge in [-0.1, -0.05) is 30.3 Å². The highest BCUT2D eigenvalue weighted by Gasteiger charge is 2.31. The van der Waals surface area contributed by atoms with Crippen molar-refractivity contribution >= 4 is 5.91 Å². The minimum Gasteiger partial charge on any atom is -0.341 e. The normalized spacial score (nSPS) is 16.8. The third-order valence-electron chi connectivity index (χ3n) is 5.85. The van der Waals surface area contributed by atoms with Gasteiger partial charge in [0.1, 0.15) is 12.4 Å². The quantitative estimate of drug-likeness (QED) is 0.683. The lowest BCUT2D eigenvalue weighted by Gasteiger charge is -2.35. The predicted octanol–water partition coefficient (Wildman–Crippen LogP) is 3.75. The van der Waals surface area contributed by atoms with Gasteiger partial charge in [0.15, 0.2) is 0 Å². The SMILES string of the molecule is CC(C(=O)N1CCC(Cc2ccccc2)CC1)N(C)Cc1nccn1CC(F)(F)F. The molecule has 1 aromatic carbocycles. The Balaban J connectivity index is 1.50. The first-order valence-corrected chi connectivity index (χ1v) is 10.3. The van der Waals surface area contributed by atoms with Crippen molar-refractivity contribution in [2.45, 2.75) is 51.5 Å². The van der Waals surface area contributed by atoms with Crippen LogP contribution in [0.25, 0.3) is 0 Å². The van der Waals surface area contributed by atoms with Crippen LogP contribution < -0.4 is 0 Å². The van der Waals surface area contributed by atoms with Crippen molar-refractivity contribution in [2.75, 3.05) is 20.1 Å². The molecule has 0 radical (unpaired) electrons. The van der Waals surface area contributed by atoms with Gasteiger partial charge < -0.3 is 9.47 Å². The molecule has 2 heterocycles. The van der Waals surface area contributed by atoms with Crippen LogP contribution in [0, 0.1) is 5.92 Å². The summed E-state index contributed by atoms with van der Waals surface area (Å²) in [7, 11) is 1.75. The molecule has 1 unspecified atom stereocenters. The molecule has 0 saturated carbocycles. The van der Waals surface area contributed by atoms with E-state index in [0.717, 1.165) is 36.9 Å². The maximum atomic E-state index is 12.9. The van der Waals surface area contributed by atoms with Gasteiger partial charge in [-0.05, 0) is 44.7 Å². The summed E-state index contributed by atoms with van der Waals surface area (Å²) in [6.07, 6.45) is 1.33. The molecular weight excluding hydrogens is 393 g/mol. The van der Waals surface area contributed by atoms with Crippen molar-refractivity contribution in [1.29, 1.82) is 0 Å². The van der Waals surface area contributed by atoms with E-state index in [0.29, 0.717) is 11.7 Å². The van der Waals surface area contributed by atoms with Crippen molar-refractivity contribution in [3.8, 4) is 0 Å². The molecule has 164 valence electrons. The van der Waals surface area contributed by atoms with Crippen LogP contribution in [0.2, 0.25) is 0 Å². The highest BCUT2D eigenvalue weighted by atomic mass is 19.4. The number of halogens is 3. The van der Waals surface area contributed by atoms with Crippen molar-refractivity contribution < 1.29 is 18.0 Å². The molecule has 30 heavy (non-hydrogen) atoms. The zero-order valence-electron chi connectivity index (χ0n) is 17.5. The summed E-state index contributed by atoms with van der Waals surface area (Å²) in [6, 6.07) is 9.95. The summed E-state index contributed by atoms with van der Waals surface area (Å²) in [5.41, 5.74) is 1.32. The summed E-state index contributed by atoms with van der Waals surface area (Å²) in [4.78, 5) is 20.6. The van der Waals surface area contributed by atoms with E-state index in [1.54, 1.807) is 18.9 Å². The van der Waals surface area contributed by atoms with Crippen LogP contribution in [0.1, 0.15) is 31.2 Å². The zero-order valence-corrected chi connectivity index (χ0v) is 17.5. The summed E-state index contributed by atoms with van der Waals surface area (Å²) < 4.78 is 39.2. The largest absolute Gasteiger partial charge is 0.406 e. The molecule has 1 aliphatic heterocycles. The van der Waals surface area contributed by atoms with Crippen molar-refractivity contribution in [1.82, 2.24) is 19.4 Å². The van der Waals surface area contributed by atoms with Gasteiger partial charge >= 0.3 is 6.18 Å². The van der Waals surface area contributed by atoms with Gasteiger partial charge in [0.25, 0.3) is 0 Å². The molecule has 0 bridgehead atoms. The fraction of sp³-hybridized carbons (Fsp3) is 0.545. The molecule has 8 heteroatoms. The Morgan fingerprint density at radius 3 is 2.53 bits per heavy atom. The number of piperidine rings is 1. The van der Waals surface area contributed by atoms with Crippen molar-refractivity contribution in [3.05, 3.63) is 54.1 Å². The monoisotopic (exact) mass is 422 g/mol. The molecule has 5 nitrogen and oxygen atoms in total. The van der Waals surface area contributed by atoms with Gasteiger partial charge in [0, 0.05) is 25.5 Å². The van der Waals surface area contributed by atoms with Crippen LogP contribution in [-0.2, 0) is 24.3 Å². The number of aromatic nitrogens is 2. The molecule has 1 aliphatic rings. The number of benzene rings is 1. The highest BCUT2D eigenvalue weighted by molar-refractivity contribution is 5.81. The first-order valence-electron chi connectivity index (χ1n) is 10.3. The Kier molecular flexibility index (Phi) is 7.18. The average molecular weight is 422 g/mol. The van der Waals surface area contributed by atoms with Gasteiger partial charge in [0.2, 0.25) is 5.91 Å². The zero-order chi connectivity index (χ0) is 21.7. The Labute approximate surface area is 175 Å². The number of alkyl halides is 3. The molecular formula is C22H29F3N4O. The van der Waals surface area contributed by atoms with Crippen LogP contribution in [-0.4, -0.2) is 57.6 Å². The Morgan fingerprint density at radius 2 is 1.90 bits per heavy atom.